The highest BCUT2D eigenvalue weighted by molar-refractivity contribution is 5.93. The molecule has 2 heterocycles. The van der Waals surface area contributed by atoms with Crippen LogP contribution in [0.4, 0.5) is 0 Å². The minimum Gasteiger partial charge on any atom is -0.390 e. The number of amides is 1. The Kier molecular flexibility index (Phi) is 4.77. The first kappa shape index (κ1) is 17.4. The number of piperidine rings is 1. The van der Waals surface area contributed by atoms with Gasteiger partial charge in [-0.15, -0.1) is 0 Å². The number of aryl methyl sites for hydroxylation is 1. The second-order valence-corrected chi connectivity index (χ2v) is 7.08. The van der Waals surface area contributed by atoms with Gasteiger partial charge in [0.2, 0.25) is 0 Å². The molecule has 2 aromatic rings. The first-order valence-corrected chi connectivity index (χ1v) is 8.60. The molecule has 1 amide bonds. The van der Waals surface area contributed by atoms with Crippen LogP contribution in [-0.2, 0) is 13.5 Å². The van der Waals surface area contributed by atoms with E-state index in [1.807, 2.05) is 37.3 Å². The molecule has 1 fully saturated rings. The first-order valence-electron chi connectivity index (χ1n) is 8.60. The van der Waals surface area contributed by atoms with Gasteiger partial charge in [-0.2, -0.15) is 0 Å². The number of aliphatic hydroxyl groups is 1. The van der Waals surface area contributed by atoms with E-state index in [4.69, 9.17) is 0 Å². The van der Waals surface area contributed by atoms with Gasteiger partial charge >= 0.3 is 0 Å². The van der Waals surface area contributed by atoms with E-state index in [9.17, 15) is 14.7 Å². The highest BCUT2D eigenvalue weighted by Crippen LogP contribution is 2.31. The maximum atomic E-state index is 12.8. The van der Waals surface area contributed by atoms with Crippen molar-refractivity contribution in [2.75, 3.05) is 13.1 Å². The molecule has 2 atom stereocenters. The quantitative estimate of drug-likeness (QED) is 0.927. The third-order valence-corrected chi connectivity index (χ3v) is 5.17. The molecule has 3 rings (SSSR count). The molecule has 1 aliphatic heterocycles. The zero-order valence-electron chi connectivity index (χ0n) is 14.7. The molecule has 0 aliphatic carbocycles. The van der Waals surface area contributed by atoms with Gasteiger partial charge in [-0.05, 0) is 37.5 Å². The van der Waals surface area contributed by atoms with E-state index in [1.165, 1.54) is 4.57 Å². The fourth-order valence-corrected chi connectivity index (χ4v) is 3.42. The zero-order valence-corrected chi connectivity index (χ0v) is 14.7. The summed E-state index contributed by atoms with van der Waals surface area (Å²) in [5.41, 5.74) is 0.209. The van der Waals surface area contributed by atoms with Crippen molar-refractivity contribution < 1.29 is 9.90 Å². The number of rotatable bonds is 3. The van der Waals surface area contributed by atoms with Crippen LogP contribution >= 0.6 is 0 Å². The number of pyridine rings is 1. The highest BCUT2D eigenvalue weighted by Gasteiger charge is 2.39. The molecule has 1 saturated heterocycles. The van der Waals surface area contributed by atoms with Crippen LogP contribution in [0, 0.1) is 5.92 Å². The van der Waals surface area contributed by atoms with Gasteiger partial charge in [-0.1, -0.05) is 30.3 Å². The van der Waals surface area contributed by atoms with Crippen LogP contribution in [0.5, 0.6) is 0 Å². The fraction of sp³-hybridized carbons (Fsp3) is 0.400. The summed E-state index contributed by atoms with van der Waals surface area (Å²) >= 11 is 0. The van der Waals surface area contributed by atoms with Crippen LogP contribution in [0.1, 0.15) is 29.3 Å². The summed E-state index contributed by atoms with van der Waals surface area (Å²) in [5, 5.41) is 10.8. The number of hydrogen-bond donors (Lipinski definition) is 1. The number of nitrogens with zero attached hydrogens (tertiary/aromatic N) is 2. The second kappa shape index (κ2) is 6.84. The largest absolute Gasteiger partial charge is 0.390 e. The third-order valence-electron chi connectivity index (χ3n) is 5.17. The Morgan fingerprint density at radius 2 is 1.96 bits per heavy atom. The molecule has 5 heteroatoms. The van der Waals surface area contributed by atoms with Crippen molar-refractivity contribution in [1.82, 2.24) is 9.47 Å². The van der Waals surface area contributed by atoms with E-state index in [0.29, 0.717) is 25.9 Å². The molecule has 0 radical (unpaired) electrons. The van der Waals surface area contributed by atoms with Crippen LogP contribution in [0.3, 0.4) is 0 Å². The lowest BCUT2D eigenvalue weighted by Gasteiger charge is -2.43. The summed E-state index contributed by atoms with van der Waals surface area (Å²) in [6, 6.07) is 13.3. The summed E-state index contributed by atoms with van der Waals surface area (Å²) < 4.78 is 1.41. The Hall–Kier alpha value is -2.40. The average Bonchev–Trinajstić information content (AvgIpc) is 2.59. The maximum Gasteiger partial charge on any atom is 0.263 e. The SMILES string of the molecule is Cn1cccc(C(=O)N2CC[C@@](C)(O)[C@@H](Cc3ccccc3)C2)c1=O. The molecule has 1 aliphatic rings. The summed E-state index contributed by atoms with van der Waals surface area (Å²) in [6.07, 6.45) is 2.84. The van der Waals surface area contributed by atoms with Crippen molar-refractivity contribution in [3.05, 3.63) is 70.1 Å². The average molecular weight is 340 g/mol. The van der Waals surface area contributed by atoms with E-state index in [-0.39, 0.29) is 22.9 Å². The summed E-state index contributed by atoms with van der Waals surface area (Å²) in [4.78, 5) is 26.7. The molecule has 1 N–H and O–H groups in total. The number of benzene rings is 1. The van der Waals surface area contributed by atoms with Gasteiger partial charge in [0.1, 0.15) is 5.56 Å². The van der Waals surface area contributed by atoms with E-state index in [1.54, 1.807) is 30.3 Å². The standard InChI is InChI=1S/C20H24N2O3/c1-20(25)10-12-22(14-16(20)13-15-7-4-3-5-8-15)19(24)17-9-6-11-21(2)18(17)23/h3-9,11,16,25H,10,12-14H2,1-2H3/t16-,20+/m0/s1. The summed E-state index contributed by atoms with van der Waals surface area (Å²) in [5.74, 6) is -0.324. The first-order chi connectivity index (χ1) is 11.9. The van der Waals surface area contributed by atoms with Crippen molar-refractivity contribution >= 4 is 5.91 Å². The minimum absolute atomic E-state index is 0.0693. The van der Waals surface area contributed by atoms with E-state index >= 15 is 0 Å². The van der Waals surface area contributed by atoms with Crippen LogP contribution in [0.25, 0.3) is 0 Å². The van der Waals surface area contributed by atoms with Crippen LogP contribution in [-0.4, -0.2) is 39.2 Å². The Morgan fingerprint density at radius 3 is 2.68 bits per heavy atom. The lowest BCUT2D eigenvalue weighted by Crippen LogP contribution is -2.53. The topological polar surface area (TPSA) is 62.5 Å². The predicted octanol–water partition coefficient (Wildman–Crippen LogP) is 1.84. The Labute approximate surface area is 147 Å². The molecule has 5 nitrogen and oxygen atoms in total. The Morgan fingerprint density at radius 1 is 1.24 bits per heavy atom. The van der Waals surface area contributed by atoms with Gasteiger partial charge in [0.25, 0.3) is 11.5 Å². The Balaban J connectivity index is 1.81. The number of hydrogen-bond acceptors (Lipinski definition) is 3. The van der Waals surface area contributed by atoms with E-state index in [2.05, 4.69) is 0 Å². The van der Waals surface area contributed by atoms with Crippen molar-refractivity contribution in [1.29, 1.82) is 0 Å². The molecule has 25 heavy (non-hydrogen) atoms. The smallest absolute Gasteiger partial charge is 0.263 e. The Bertz CT molecular complexity index is 811. The number of aromatic nitrogens is 1. The van der Waals surface area contributed by atoms with Crippen LogP contribution in [0.15, 0.2) is 53.5 Å². The predicted molar refractivity (Wildman–Crippen MR) is 96.5 cm³/mol. The number of carbonyl (C=O) groups is 1. The van der Waals surface area contributed by atoms with Crippen LogP contribution in [0.2, 0.25) is 0 Å². The summed E-state index contributed by atoms with van der Waals surface area (Å²) in [7, 11) is 1.64. The molecule has 1 aromatic carbocycles. The maximum absolute atomic E-state index is 12.8. The molecule has 0 spiro atoms. The minimum atomic E-state index is -0.825. The second-order valence-electron chi connectivity index (χ2n) is 7.08. The van der Waals surface area contributed by atoms with Gasteiger partial charge in [0.15, 0.2) is 0 Å². The zero-order chi connectivity index (χ0) is 18.0. The van der Waals surface area contributed by atoms with Crippen LogP contribution < -0.4 is 5.56 Å². The van der Waals surface area contributed by atoms with Crippen molar-refractivity contribution in [3.8, 4) is 0 Å². The fourth-order valence-electron chi connectivity index (χ4n) is 3.42. The number of likely N-dealkylation sites (tertiary alicyclic amines) is 1. The van der Waals surface area contributed by atoms with E-state index in [0.717, 1.165) is 5.56 Å². The van der Waals surface area contributed by atoms with Crippen molar-refractivity contribution in [2.45, 2.75) is 25.4 Å². The van der Waals surface area contributed by atoms with Crippen molar-refractivity contribution in [3.63, 3.8) is 0 Å². The molecular weight excluding hydrogens is 316 g/mol. The third kappa shape index (κ3) is 3.66. The monoisotopic (exact) mass is 340 g/mol. The lowest BCUT2D eigenvalue weighted by molar-refractivity contribution is -0.0507. The normalized spacial score (nSPS) is 23.5. The highest BCUT2D eigenvalue weighted by atomic mass is 16.3. The molecular formula is C20H24N2O3. The molecule has 0 saturated carbocycles. The molecule has 0 unspecified atom stereocenters. The van der Waals surface area contributed by atoms with Gasteiger partial charge in [0.05, 0.1) is 5.60 Å². The van der Waals surface area contributed by atoms with Gasteiger partial charge < -0.3 is 14.6 Å². The molecule has 0 bridgehead atoms. The lowest BCUT2D eigenvalue weighted by atomic mass is 9.78. The number of carbonyl (C=O) groups excluding carboxylic acids is 1. The van der Waals surface area contributed by atoms with Gasteiger partial charge in [-0.25, -0.2) is 0 Å². The van der Waals surface area contributed by atoms with Gasteiger partial charge in [-0.3, -0.25) is 9.59 Å². The van der Waals surface area contributed by atoms with Crippen molar-refractivity contribution in [2.24, 2.45) is 13.0 Å². The van der Waals surface area contributed by atoms with E-state index < -0.39 is 5.60 Å². The summed E-state index contributed by atoms with van der Waals surface area (Å²) in [6.45, 7) is 2.73. The molecule has 1 aromatic heterocycles. The molecule has 132 valence electrons. The van der Waals surface area contributed by atoms with Gasteiger partial charge in [0, 0.05) is 32.3 Å².